The summed E-state index contributed by atoms with van der Waals surface area (Å²) in [4.78, 5) is 18.7. The summed E-state index contributed by atoms with van der Waals surface area (Å²) < 4.78 is 13.5. The van der Waals surface area contributed by atoms with Gasteiger partial charge in [-0.25, -0.2) is 4.98 Å². The highest BCUT2D eigenvalue weighted by Crippen LogP contribution is 2.24. The number of amides is 1. The number of aromatic nitrogens is 2. The molecular formula is C13H14IN3O3. The molecule has 0 saturated carbocycles. The number of methoxy groups -OCH3 is 1. The Morgan fingerprint density at radius 2 is 2.20 bits per heavy atom. The van der Waals surface area contributed by atoms with Crippen LogP contribution >= 0.6 is 22.6 Å². The van der Waals surface area contributed by atoms with Gasteiger partial charge in [-0.2, -0.15) is 0 Å². The van der Waals surface area contributed by atoms with E-state index in [4.69, 9.17) is 9.47 Å². The average molecular weight is 387 g/mol. The lowest BCUT2D eigenvalue weighted by molar-refractivity contribution is 0.0300. The van der Waals surface area contributed by atoms with E-state index in [1.165, 1.54) is 0 Å². The minimum absolute atomic E-state index is 0.0310. The molecule has 0 unspecified atom stereocenters. The van der Waals surface area contributed by atoms with Gasteiger partial charge in [0.05, 0.1) is 32.1 Å². The van der Waals surface area contributed by atoms with Crippen molar-refractivity contribution >= 4 is 34.1 Å². The van der Waals surface area contributed by atoms with Crippen molar-refractivity contribution in [3.8, 4) is 5.75 Å². The number of halogens is 1. The molecular weight excluding hydrogens is 373 g/mol. The van der Waals surface area contributed by atoms with Crippen molar-refractivity contribution in [3.63, 3.8) is 0 Å². The Morgan fingerprint density at radius 1 is 1.45 bits per heavy atom. The van der Waals surface area contributed by atoms with Gasteiger partial charge in [-0.15, -0.1) is 0 Å². The molecule has 0 atom stereocenters. The molecule has 7 heteroatoms. The van der Waals surface area contributed by atoms with Crippen molar-refractivity contribution in [2.24, 2.45) is 0 Å². The summed E-state index contributed by atoms with van der Waals surface area (Å²) in [6.07, 6.45) is 3.55. The first-order valence-corrected chi connectivity index (χ1v) is 7.36. The number of fused-ring (bicyclic) bond motifs is 1. The van der Waals surface area contributed by atoms with Crippen LogP contribution in [0.4, 0.5) is 0 Å². The molecule has 2 aromatic heterocycles. The predicted octanol–water partition coefficient (Wildman–Crippen LogP) is 1.42. The summed E-state index contributed by atoms with van der Waals surface area (Å²) in [6.45, 7) is 2.39. The molecule has 0 radical (unpaired) electrons. The largest absolute Gasteiger partial charge is 0.496 e. The highest BCUT2D eigenvalue weighted by molar-refractivity contribution is 14.1. The standard InChI is InChI=1S/C13H14IN3O3/c1-19-10-6-12-15-7-11(14)17(12)8-9(10)13(18)16-2-4-20-5-3-16/h6-8H,2-5H2,1H3. The van der Waals surface area contributed by atoms with Gasteiger partial charge in [0, 0.05) is 25.4 Å². The fourth-order valence-corrected chi connectivity index (χ4v) is 2.77. The Kier molecular flexibility index (Phi) is 3.79. The molecule has 3 heterocycles. The summed E-state index contributed by atoms with van der Waals surface area (Å²) in [7, 11) is 1.57. The van der Waals surface area contributed by atoms with Gasteiger partial charge in [-0.1, -0.05) is 0 Å². The van der Waals surface area contributed by atoms with Crippen LogP contribution in [0.3, 0.4) is 0 Å². The van der Waals surface area contributed by atoms with Gasteiger partial charge in [0.1, 0.15) is 15.1 Å². The predicted molar refractivity (Wildman–Crippen MR) is 81.2 cm³/mol. The third kappa shape index (κ3) is 2.35. The third-order valence-electron chi connectivity index (χ3n) is 3.31. The van der Waals surface area contributed by atoms with Crippen molar-refractivity contribution in [2.75, 3.05) is 33.4 Å². The molecule has 1 fully saturated rings. The highest BCUT2D eigenvalue weighted by atomic mass is 127. The lowest BCUT2D eigenvalue weighted by atomic mass is 10.2. The van der Waals surface area contributed by atoms with E-state index in [1.54, 1.807) is 30.5 Å². The highest BCUT2D eigenvalue weighted by Gasteiger charge is 2.23. The van der Waals surface area contributed by atoms with E-state index in [0.29, 0.717) is 37.6 Å². The van der Waals surface area contributed by atoms with E-state index >= 15 is 0 Å². The zero-order valence-corrected chi connectivity index (χ0v) is 13.2. The van der Waals surface area contributed by atoms with E-state index in [9.17, 15) is 4.79 Å². The van der Waals surface area contributed by atoms with Crippen LogP contribution in [0, 0.1) is 3.70 Å². The molecule has 3 rings (SSSR count). The van der Waals surface area contributed by atoms with Gasteiger partial charge in [0.15, 0.2) is 0 Å². The van der Waals surface area contributed by atoms with Crippen LogP contribution < -0.4 is 4.74 Å². The molecule has 6 nitrogen and oxygen atoms in total. The number of carbonyl (C=O) groups excluding carboxylic acids is 1. The van der Waals surface area contributed by atoms with Crippen LogP contribution in [0.5, 0.6) is 5.75 Å². The topological polar surface area (TPSA) is 56.1 Å². The second-order valence-corrected chi connectivity index (χ2v) is 5.57. The second-order valence-electron chi connectivity index (χ2n) is 4.47. The van der Waals surface area contributed by atoms with Crippen molar-refractivity contribution in [2.45, 2.75) is 0 Å². The van der Waals surface area contributed by atoms with Crippen LogP contribution in [0.1, 0.15) is 10.4 Å². The first kappa shape index (κ1) is 13.6. The van der Waals surface area contributed by atoms with Crippen LogP contribution in [0.25, 0.3) is 5.65 Å². The van der Waals surface area contributed by atoms with Gasteiger partial charge in [-0.3, -0.25) is 9.20 Å². The first-order chi connectivity index (χ1) is 9.70. The van der Waals surface area contributed by atoms with E-state index in [-0.39, 0.29) is 5.91 Å². The van der Waals surface area contributed by atoms with Crippen molar-refractivity contribution in [1.29, 1.82) is 0 Å². The lowest BCUT2D eigenvalue weighted by Crippen LogP contribution is -2.40. The number of hydrogen-bond donors (Lipinski definition) is 0. The third-order valence-corrected chi connectivity index (χ3v) is 4.11. The molecule has 106 valence electrons. The van der Waals surface area contributed by atoms with Crippen LogP contribution in [0.15, 0.2) is 18.5 Å². The molecule has 0 bridgehead atoms. The summed E-state index contributed by atoms with van der Waals surface area (Å²) in [5.41, 5.74) is 1.32. The Balaban J connectivity index is 2.03. The van der Waals surface area contributed by atoms with E-state index in [0.717, 1.165) is 9.35 Å². The first-order valence-electron chi connectivity index (χ1n) is 6.28. The zero-order valence-electron chi connectivity index (χ0n) is 11.0. The molecule has 1 saturated heterocycles. The smallest absolute Gasteiger partial charge is 0.259 e. The SMILES string of the molecule is COc1cc2ncc(I)n2cc1C(=O)N1CCOCC1. The number of carbonyl (C=O) groups is 1. The minimum atomic E-state index is -0.0310. The molecule has 1 aliphatic rings. The van der Waals surface area contributed by atoms with Gasteiger partial charge < -0.3 is 14.4 Å². The fraction of sp³-hybridized carbons (Fsp3) is 0.385. The second kappa shape index (κ2) is 5.57. The summed E-state index contributed by atoms with van der Waals surface area (Å²) in [6, 6.07) is 1.79. The van der Waals surface area contributed by atoms with Gasteiger partial charge in [0.25, 0.3) is 5.91 Å². The van der Waals surface area contributed by atoms with Gasteiger partial charge in [-0.05, 0) is 22.6 Å². The Bertz CT molecular complexity index is 650. The lowest BCUT2D eigenvalue weighted by Gasteiger charge is -2.27. The quantitative estimate of drug-likeness (QED) is 0.732. The van der Waals surface area contributed by atoms with Gasteiger partial charge in [0.2, 0.25) is 0 Å². The van der Waals surface area contributed by atoms with Crippen LogP contribution in [-0.2, 0) is 4.74 Å². The van der Waals surface area contributed by atoms with E-state index < -0.39 is 0 Å². The Labute approximate surface area is 129 Å². The van der Waals surface area contributed by atoms with Crippen LogP contribution in [0.2, 0.25) is 0 Å². The Morgan fingerprint density at radius 3 is 2.90 bits per heavy atom. The molecule has 1 aliphatic heterocycles. The number of morpholine rings is 1. The van der Waals surface area contributed by atoms with Crippen molar-refractivity contribution < 1.29 is 14.3 Å². The molecule has 20 heavy (non-hydrogen) atoms. The Hall–Kier alpha value is -1.35. The summed E-state index contributed by atoms with van der Waals surface area (Å²) in [5, 5.41) is 0. The molecule has 0 N–H and O–H groups in total. The minimum Gasteiger partial charge on any atom is -0.496 e. The van der Waals surface area contributed by atoms with Gasteiger partial charge >= 0.3 is 0 Å². The normalized spacial score (nSPS) is 15.6. The number of rotatable bonds is 2. The van der Waals surface area contributed by atoms with E-state index in [2.05, 4.69) is 27.6 Å². The summed E-state index contributed by atoms with van der Waals surface area (Å²) in [5.74, 6) is 0.521. The molecule has 0 aromatic carbocycles. The number of hydrogen-bond acceptors (Lipinski definition) is 4. The molecule has 1 amide bonds. The maximum atomic E-state index is 12.6. The van der Waals surface area contributed by atoms with Crippen molar-refractivity contribution in [1.82, 2.24) is 14.3 Å². The van der Waals surface area contributed by atoms with Crippen molar-refractivity contribution in [3.05, 3.63) is 27.7 Å². The fourth-order valence-electron chi connectivity index (χ4n) is 2.24. The zero-order chi connectivity index (χ0) is 14.1. The molecule has 0 aliphatic carbocycles. The number of pyridine rings is 1. The number of imidazole rings is 1. The molecule has 0 spiro atoms. The number of ether oxygens (including phenoxy) is 2. The molecule has 2 aromatic rings. The maximum Gasteiger partial charge on any atom is 0.259 e. The van der Waals surface area contributed by atoms with E-state index in [1.807, 2.05) is 4.40 Å². The summed E-state index contributed by atoms with van der Waals surface area (Å²) >= 11 is 2.19. The maximum absolute atomic E-state index is 12.6. The monoisotopic (exact) mass is 387 g/mol. The average Bonchev–Trinajstić information content (AvgIpc) is 2.87. The number of nitrogens with zero attached hydrogens (tertiary/aromatic N) is 3. The van der Waals surface area contributed by atoms with Crippen LogP contribution in [-0.4, -0.2) is 53.6 Å².